The summed E-state index contributed by atoms with van der Waals surface area (Å²) in [4.78, 5) is 19.3. The van der Waals surface area contributed by atoms with Crippen molar-refractivity contribution in [1.82, 2.24) is 20.0 Å². The van der Waals surface area contributed by atoms with Crippen LogP contribution in [0.25, 0.3) is 0 Å². The number of anilines is 1. The molecular formula is C14H21F3N6O2. The molecular weight excluding hydrogens is 341 g/mol. The van der Waals surface area contributed by atoms with Crippen molar-refractivity contribution < 1.29 is 23.1 Å². The predicted molar refractivity (Wildman–Crippen MR) is 85.2 cm³/mol. The van der Waals surface area contributed by atoms with Gasteiger partial charge in [0.05, 0.1) is 18.4 Å². The molecule has 0 aliphatic carbocycles. The highest BCUT2D eigenvalue weighted by atomic mass is 19.4. The number of piperazine rings is 1. The van der Waals surface area contributed by atoms with Gasteiger partial charge in [0.2, 0.25) is 5.91 Å². The summed E-state index contributed by atoms with van der Waals surface area (Å²) < 4.78 is 38.8. The molecule has 2 N–H and O–H groups in total. The number of carbonyl (C=O) groups excluding carboxylic acids is 1. The number of hydrogen-bond donors (Lipinski definition) is 2. The van der Waals surface area contributed by atoms with Gasteiger partial charge >= 0.3 is 6.18 Å². The number of nitrogens with zero attached hydrogens (tertiary/aromatic N) is 5. The van der Waals surface area contributed by atoms with Crippen LogP contribution in [0.5, 0.6) is 0 Å². The van der Waals surface area contributed by atoms with Gasteiger partial charge in [0.15, 0.2) is 12.1 Å². The van der Waals surface area contributed by atoms with Gasteiger partial charge in [0.25, 0.3) is 0 Å². The smallest absolute Gasteiger partial charge is 0.382 e. The molecule has 1 aromatic heterocycles. The SMILES string of the molecule is CCNC(=NCC(O)C(F)(F)F)N1CCN(c2cnn(C)c2)C(=O)C1. The third-order valence-electron chi connectivity index (χ3n) is 3.65. The normalized spacial score (nSPS) is 17.8. The van der Waals surface area contributed by atoms with Crippen molar-refractivity contribution in [3.8, 4) is 0 Å². The summed E-state index contributed by atoms with van der Waals surface area (Å²) in [5, 5.41) is 16.0. The Labute approximate surface area is 142 Å². The zero-order chi connectivity index (χ0) is 18.6. The molecule has 140 valence electrons. The highest BCUT2D eigenvalue weighted by Crippen LogP contribution is 2.20. The van der Waals surface area contributed by atoms with Gasteiger partial charge in [0.1, 0.15) is 6.54 Å². The summed E-state index contributed by atoms with van der Waals surface area (Å²) in [5.41, 5.74) is 0.668. The molecule has 1 amide bonds. The van der Waals surface area contributed by atoms with Crippen molar-refractivity contribution in [1.29, 1.82) is 0 Å². The Kier molecular flexibility index (Phi) is 5.88. The van der Waals surface area contributed by atoms with E-state index in [-0.39, 0.29) is 18.4 Å². The number of hydrogen-bond acceptors (Lipinski definition) is 4. The molecule has 0 saturated carbocycles. The van der Waals surface area contributed by atoms with Crippen LogP contribution in [-0.2, 0) is 11.8 Å². The number of rotatable bonds is 4. The van der Waals surface area contributed by atoms with Gasteiger partial charge in [-0.2, -0.15) is 18.3 Å². The molecule has 2 rings (SSSR count). The van der Waals surface area contributed by atoms with Crippen molar-refractivity contribution >= 4 is 17.6 Å². The molecule has 1 aromatic rings. The summed E-state index contributed by atoms with van der Waals surface area (Å²) in [6.45, 7) is 2.11. The maximum absolute atomic E-state index is 12.4. The lowest BCUT2D eigenvalue weighted by Gasteiger charge is -2.35. The Hall–Kier alpha value is -2.30. The second-order valence-electron chi connectivity index (χ2n) is 5.59. The van der Waals surface area contributed by atoms with Gasteiger partial charge in [-0.3, -0.25) is 14.5 Å². The number of carbonyl (C=O) groups is 1. The molecule has 25 heavy (non-hydrogen) atoms. The number of aromatic nitrogens is 2. The Balaban J connectivity index is 2.04. The lowest BCUT2D eigenvalue weighted by molar-refractivity contribution is -0.199. The van der Waals surface area contributed by atoms with Crippen LogP contribution in [0.15, 0.2) is 17.4 Å². The van der Waals surface area contributed by atoms with E-state index < -0.39 is 18.8 Å². The molecule has 0 radical (unpaired) electrons. The van der Waals surface area contributed by atoms with Gasteiger partial charge < -0.3 is 20.2 Å². The minimum absolute atomic E-state index is 0.0250. The van der Waals surface area contributed by atoms with E-state index in [4.69, 9.17) is 5.11 Å². The van der Waals surface area contributed by atoms with Crippen LogP contribution in [0.4, 0.5) is 18.9 Å². The molecule has 1 saturated heterocycles. The fourth-order valence-corrected chi connectivity index (χ4v) is 2.38. The lowest BCUT2D eigenvalue weighted by Crippen LogP contribution is -2.55. The maximum atomic E-state index is 12.4. The van der Waals surface area contributed by atoms with E-state index >= 15 is 0 Å². The first-order chi connectivity index (χ1) is 11.7. The zero-order valence-electron chi connectivity index (χ0n) is 14.0. The van der Waals surface area contributed by atoms with Crippen molar-refractivity contribution in [3.63, 3.8) is 0 Å². The monoisotopic (exact) mass is 362 g/mol. The Morgan fingerprint density at radius 1 is 1.48 bits per heavy atom. The molecule has 1 unspecified atom stereocenters. The van der Waals surface area contributed by atoms with Crippen molar-refractivity contribution in [2.75, 3.05) is 37.6 Å². The molecule has 0 aromatic carbocycles. The topological polar surface area (TPSA) is 86.0 Å². The Morgan fingerprint density at radius 2 is 2.20 bits per heavy atom. The number of alkyl halides is 3. The number of guanidine groups is 1. The first kappa shape index (κ1) is 19.0. The number of aryl methyl sites for hydroxylation is 1. The quantitative estimate of drug-likeness (QED) is 0.580. The molecule has 0 spiro atoms. The van der Waals surface area contributed by atoms with E-state index in [0.29, 0.717) is 25.3 Å². The number of aliphatic hydroxyl groups is 1. The average Bonchev–Trinajstić information content (AvgIpc) is 2.96. The third kappa shape index (κ3) is 4.84. The lowest BCUT2D eigenvalue weighted by atomic mass is 10.3. The number of aliphatic imine (C=N–C) groups is 1. The maximum Gasteiger partial charge on any atom is 0.416 e. The van der Waals surface area contributed by atoms with E-state index in [2.05, 4.69) is 15.4 Å². The van der Waals surface area contributed by atoms with E-state index in [1.54, 1.807) is 40.8 Å². The minimum Gasteiger partial charge on any atom is -0.382 e. The molecule has 0 bridgehead atoms. The standard InChI is InChI=1S/C14H21F3N6O2/c1-3-18-13(19-7-11(24)14(15,16)17)22-4-5-23(12(25)9-22)10-6-20-21(2)8-10/h6,8,11,24H,3-5,7,9H2,1-2H3,(H,18,19). The second kappa shape index (κ2) is 7.72. The summed E-state index contributed by atoms with van der Waals surface area (Å²) >= 11 is 0. The first-order valence-electron chi connectivity index (χ1n) is 7.79. The first-order valence-corrected chi connectivity index (χ1v) is 7.79. The molecule has 11 heteroatoms. The predicted octanol–water partition coefficient (Wildman–Crippen LogP) is -0.0426. The largest absolute Gasteiger partial charge is 0.416 e. The van der Waals surface area contributed by atoms with Gasteiger partial charge in [-0.05, 0) is 6.92 Å². The van der Waals surface area contributed by atoms with Crippen LogP contribution in [0, 0.1) is 0 Å². The van der Waals surface area contributed by atoms with Crippen LogP contribution in [0.3, 0.4) is 0 Å². The van der Waals surface area contributed by atoms with Crippen molar-refractivity contribution in [3.05, 3.63) is 12.4 Å². The Bertz CT molecular complexity index is 630. The summed E-state index contributed by atoms with van der Waals surface area (Å²) in [6.07, 6.45) is -3.97. The van der Waals surface area contributed by atoms with Crippen molar-refractivity contribution in [2.45, 2.75) is 19.2 Å². The van der Waals surface area contributed by atoms with E-state index in [1.807, 2.05) is 0 Å². The highest BCUT2D eigenvalue weighted by Gasteiger charge is 2.38. The Morgan fingerprint density at radius 3 is 2.72 bits per heavy atom. The van der Waals surface area contributed by atoms with Gasteiger partial charge in [-0.25, -0.2) is 0 Å². The molecule has 1 aliphatic heterocycles. The third-order valence-corrected chi connectivity index (χ3v) is 3.65. The fourth-order valence-electron chi connectivity index (χ4n) is 2.38. The van der Waals surface area contributed by atoms with E-state index in [0.717, 1.165) is 0 Å². The van der Waals surface area contributed by atoms with Crippen LogP contribution in [0.2, 0.25) is 0 Å². The summed E-state index contributed by atoms with van der Waals surface area (Å²) in [6, 6.07) is 0. The number of amides is 1. The van der Waals surface area contributed by atoms with E-state index in [1.165, 1.54) is 0 Å². The van der Waals surface area contributed by atoms with Crippen LogP contribution in [0.1, 0.15) is 6.92 Å². The van der Waals surface area contributed by atoms with Crippen LogP contribution < -0.4 is 10.2 Å². The summed E-state index contributed by atoms with van der Waals surface area (Å²) in [5.74, 6) is -0.0359. The molecule has 2 heterocycles. The van der Waals surface area contributed by atoms with Gasteiger partial charge in [-0.15, -0.1) is 0 Å². The summed E-state index contributed by atoms with van der Waals surface area (Å²) in [7, 11) is 1.74. The highest BCUT2D eigenvalue weighted by molar-refractivity contribution is 5.98. The molecule has 1 fully saturated rings. The molecule has 1 aliphatic rings. The van der Waals surface area contributed by atoms with Crippen LogP contribution >= 0.6 is 0 Å². The average molecular weight is 362 g/mol. The minimum atomic E-state index is -4.73. The van der Waals surface area contributed by atoms with Gasteiger partial charge in [-0.1, -0.05) is 0 Å². The number of aliphatic hydroxyl groups excluding tert-OH is 1. The number of halogens is 3. The molecule has 8 nitrogen and oxygen atoms in total. The molecule has 1 atom stereocenters. The van der Waals surface area contributed by atoms with Crippen LogP contribution in [-0.4, -0.2) is 76.7 Å². The number of nitrogens with one attached hydrogen (secondary N) is 1. The second-order valence-corrected chi connectivity index (χ2v) is 5.59. The van der Waals surface area contributed by atoms with Gasteiger partial charge in [0, 0.05) is 32.9 Å². The van der Waals surface area contributed by atoms with Crippen molar-refractivity contribution in [2.24, 2.45) is 12.0 Å². The fraction of sp³-hybridized carbons (Fsp3) is 0.643. The van der Waals surface area contributed by atoms with E-state index in [9.17, 15) is 18.0 Å². The zero-order valence-corrected chi connectivity index (χ0v) is 14.0.